The van der Waals surface area contributed by atoms with E-state index in [0.717, 1.165) is 5.56 Å². The Morgan fingerprint density at radius 1 is 0.826 bits per heavy atom. The fourth-order valence-electron chi connectivity index (χ4n) is 1.65. The second kappa shape index (κ2) is 14.1. The normalized spacial score (nSPS) is 10.7. The van der Waals surface area contributed by atoms with Crippen LogP contribution in [-0.4, -0.2) is 59.3 Å². The Bertz CT molecular complexity index is 395. The maximum atomic E-state index is 11.5. The molecule has 0 saturated carbocycles. The number of benzene rings is 1. The van der Waals surface area contributed by atoms with Gasteiger partial charge in [0.2, 0.25) is 0 Å². The van der Waals surface area contributed by atoms with Crippen molar-refractivity contribution < 1.29 is 28.5 Å². The topological polar surface area (TPSA) is 63.2 Å². The summed E-state index contributed by atoms with van der Waals surface area (Å²) in [4.78, 5) is 11.5. The van der Waals surface area contributed by atoms with E-state index in [0.29, 0.717) is 52.9 Å². The van der Waals surface area contributed by atoms with Gasteiger partial charge in [-0.05, 0) is 5.56 Å². The van der Waals surface area contributed by atoms with Gasteiger partial charge >= 0.3 is 5.97 Å². The monoisotopic (exact) mass is 326 g/mol. The molecular formula is C17H26O6. The largest absolute Gasteiger partial charge is 0.461 e. The minimum absolute atomic E-state index is 0.243. The summed E-state index contributed by atoms with van der Waals surface area (Å²) in [6.45, 7) is 3.77. The molecule has 130 valence electrons. The summed E-state index contributed by atoms with van der Waals surface area (Å²) < 4.78 is 25.9. The first-order chi connectivity index (χ1) is 11.3. The molecule has 0 atom stereocenters. The number of hydrogen-bond donors (Lipinski definition) is 0. The molecule has 0 radical (unpaired) electrons. The van der Waals surface area contributed by atoms with Crippen molar-refractivity contribution in [2.45, 2.75) is 13.0 Å². The Kier molecular flexibility index (Phi) is 12.0. The highest BCUT2D eigenvalue weighted by molar-refractivity contribution is 5.69. The third-order valence-electron chi connectivity index (χ3n) is 2.87. The molecule has 0 spiro atoms. The average molecular weight is 326 g/mol. The predicted octanol–water partition coefficient (Wildman–Crippen LogP) is 1.82. The predicted molar refractivity (Wildman–Crippen MR) is 85.2 cm³/mol. The number of hydrogen-bond acceptors (Lipinski definition) is 6. The van der Waals surface area contributed by atoms with Crippen molar-refractivity contribution in [1.29, 1.82) is 0 Å². The standard InChI is InChI=1S/C17H26O6/c1-19-9-10-21-13-14-22-12-11-20-8-7-17(18)23-15-16-5-3-2-4-6-16/h2-6H,7-15H2,1H3. The highest BCUT2D eigenvalue weighted by Gasteiger charge is 2.03. The second-order valence-corrected chi connectivity index (χ2v) is 4.73. The molecule has 1 aromatic rings. The molecule has 1 rings (SSSR count). The molecular weight excluding hydrogens is 300 g/mol. The third-order valence-corrected chi connectivity index (χ3v) is 2.87. The van der Waals surface area contributed by atoms with Crippen LogP contribution < -0.4 is 0 Å². The first-order valence-corrected chi connectivity index (χ1v) is 7.74. The average Bonchev–Trinajstić information content (AvgIpc) is 2.59. The second-order valence-electron chi connectivity index (χ2n) is 4.73. The van der Waals surface area contributed by atoms with E-state index in [1.54, 1.807) is 7.11 Å². The molecule has 0 fully saturated rings. The molecule has 0 aromatic heterocycles. The van der Waals surface area contributed by atoms with Crippen molar-refractivity contribution in [1.82, 2.24) is 0 Å². The van der Waals surface area contributed by atoms with Gasteiger partial charge in [-0.25, -0.2) is 0 Å². The van der Waals surface area contributed by atoms with E-state index in [1.165, 1.54) is 0 Å². The lowest BCUT2D eigenvalue weighted by Crippen LogP contribution is -2.13. The van der Waals surface area contributed by atoms with Crippen LogP contribution in [0, 0.1) is 0 Å². The molecule has 0 aliphatic carbocycles. The zero-order chi connectivity index (χ0) is 16.6. The maximum absolute atomic E-state index is 11.5. The lowest BCUT2D eigenvalue weighted by molar-refractivity contribution is -0.146. The van der Waals surface area contributed by atoms with E-state index in [2.05, 4.69) is 0 Å². The van der Waals surface area contributed by atoms with E-state index in [-0.39, 0.29) is 12.4 Å². The minimum atomic E-state index is -0.263. The lowest BCUT2D eigenvalue weighted by Gasteiger charge is -2.07. The first kappa shape index (κ1) is 19.6. The van der Waals surface area contributed by atoms with Crippen molar-refractivity contribution in [2.24, 2.45) is 0 Å². The number of ether oxygens (including phenoxy) is 5. The van der Waals surface area contributed by atoms with E-state index in [1.807, 2.05) is 30.3 Å². The van der Waals surface area contributed by atoms with Crippen molar-refractivity contribution in [2.75, 3.05) is 53.4 Å². The van der Waals surface area contributed by atoms with Gasteiger partial charge in [0.05, 0.1) is 52.7 Å². The van der Waals surface area contributed by atoms with E-state index in [9.17, 15) is 4.79 Å². The Hall–Kier alpha value is -1.47. The van der Waals surface area contributed by atoms with Crippen LogP contribution in [0.15, 0.2) is 30.3 Å². The van der Waals surface area contributed by atoms with Gasteiger partial charge in [-0.3, -0.25) is 4.79 Å². The van der Waals surface area contributed by atoms with Crippen LogP contribution in [0.2, 0.25) is 0 Å². The van der Waals surface area contributed by atoms with Crippen molar-refractivity contribution in [3.05, 3.63) is 35.9 Å². The maximum Gasteiger partial charge on any atom is 0.308 e. The molecule has 0 saturated heterocycles. The lowest BCUT2D eigenvalue weighted by atomic mass is 10.2. The van der Waals surface area contributed by atoms with Crippen LogP contribution in [0.4, 0.5) is 0 Å². The third kappa shape index (κ3) is 11.7. The van der Waals surface area contributed by atoms with Crippen molar-refractivity contribution in [3.63, 3.8) is 0 Å². The highest BCUT2D eigenvalue weighted by Crippen LogP contribution is 2.01. The number of carbonyl (C=O) groups is 1. The first-order valence-electron chi connectivity index (χ1n) is 7.74. The molecule has 0 aliphatic heterocycles. The van der Waals surface area contributed by atoms with Crippen LogP contribution in [0.5, 0.6) is 0 Å². The molecule has 6 nitrogen and oxygen atoms in total. The molecule has 0 amide bonds. The quantitative estimate of drug-likeness (QED) is 0.384. The van der Waals surface area contributed by atoms with Crippen molar-refractivity contribution >= 4 is 5.97 Å². The fraction of sp³-hybridized carbons (Fsp3) is 0.588. The van der Waals surface area contributed by atoms with Gasteiger partial charge in [0.25, 0.3) is 0 Å². The van der Waals surface area contributed by atoms with E-state index < -0.39 is 0 Å². The minimum Gasteiger partial charge on any atom is -0.461 e. The number of methoxy groups -OCH3 is 1. The van der Waals surface area contributed by atoms with E-state index >= 15 is 0 Å². The van der Waals surface area contributed by atoms with Crippen LogP contribution >= 0.6 is 0 Å². The molecule has 0 bridgehead atoms. The smallest absolute Gasteiger partial charge is 0.308 e. The highest BCUT2D eigenvalue weighted by atomic mass is 16.6. The molecule has 6 heteroatoms. The van der Waals surface area contributed by atoms with Crippen LogP contribution in [-0.2, 0) is 35.1 Å². The van der Waals surface area contributed by atoms with Gasteiger partial charge in [-0.1, -0.05) is 30.3 Å². The molecule has 0 heterocycles. The van der Waals surface area contributed by atoms with Gasteiger partial charge in [0.15, 0.2) is 0 Å². The van der Waals surface area contributed by atoms with Gasteiger partial charge in [-0.15, -0.1) is 0 Å². The van der Waals surface area contributed by atoms with Crippen LogP contribution in [0.1, 0.15) is 12.0 Å². The Morgan fingerprint density at radius 2 is 1.39 bits per heavy atom. The molecule has 0 N–H and O–H groups in total. The summed E-state index contributed by atoms with van der Waals surface area (Å²) in [5.74, 6) is -0.263. The van der Waals surface area contributed by atoms with E-state index in [4.69, 9.17) is 23.7 Å². The molecule has 1 aromatic carbocycles. The van der Waals surface area contributed by atoms with Gasteiger partial charge in [-0.2, -0.15) is 0 Å². The van der Waals surface area contributed by atoms with Crippen molar-refractivity contribution in [3.8, 4) is 0 Å². The van der Waals surface area contributed by atoms with Gasteiger partial charge < -0.3 is 23.7 Å². The van der Waals surface area contributed by atoms with Crippen LogP contribution in [0.3, 0.4) is 0 Å². The number of rotatable bonds is 14. The summed E-state index contributed by atoms with van der Waals surface area (Å²) in [5, 5.41) is 0. The summed E-state index contributed by atoms with van der Waals surface area (Å²) in [6.07, 6.45) is 0.243. The Morgan fingerprint density at radius 3 is 2.00 bits per heavy atom. The van der Waals surface area contributed by atoms with Gasteiger partial charge in [0.1, 0.15) is 6.61 Å². The molecule has 0 unspecified atom stereocenters. The summed E-state index contributed by atoms with van der Waals surface area (Å²) in [5.41, 5.74) is 0.975. The molecule has 0 aliphatic rings. The van der Waals surface area contributed by atoms with Crippen LogP contribution in [0.25, 0.3) is 0 Å². The van der Waals surface area contributed by atoms with Gasteiger partial charge in [0, 0.05) is 7.11 Å². The summed E-state index contributed by atoms with van der Waals surface area (Å²) in [6, 6.07) is 9.58. The summed E-state index contributed by atoms with van der Waals surface area (Å²) >= 11 is 0. The Balaban J connectivity index is 1.84. The SMILES string of the molecule is COCCOCCOCCOCCC(=O)OCc1ccccc1. The Labute approximate surface area is 137 Å². The number of esters is 1. The fourth-order valence-corrected chi connectivity index (χ4v) is 1.65. The zero-order valence-corrected chi connectivity index (χ0v) is 13.7. The number of carbonyl (C=O) groups excluding carboxylic acids is 1. The summed E-state index contributed by atoms with van der Waals surface area (Å²) in [7, 11) is 1.63. The molecule has 23 heavy (non-hydrogen) atoms. The zero-order valence-electron chi connectivity index (χ0n) is 13.7.